The first kappa shape index (κ1) is 29.4. The molecule has 0 aliphatic rings. The van der Waals surface area contributed by atoms with Crippen LogP contribution in [0.4, 0.5) is 0 Å². The summed E-state index contributed by atoms with van der Waals surface area (Å²) in [5, 5.41) is 0. The number of rotatable bonds is 3. The predicted octanol–water partition coefficient (Wildman–Crippen LogP) is 4.68. The fourth-order valence-electron chi connectivity index (χ4n) is 0. The van der Waals surface area contributed by atoms with E-state index in [0.717, 1.165) is 19.3 Å². The first-order valence-electron chi connectivity index (χ1n) is 5.12. The van der Waals surface area contributed by atoms with Crippen molar-refractivity contribution in [3.05, 3.63) is 20.8 Å². The normalized spacial score (nSPS) is 6.43. The van der Waals surface area contributed by atoms with Crippen LogP contribution in [0.5, 0.6) is 0 Å². The first-order valence-corrected chi connectivity index (χ1v) is 5.12. The van der Waals surface area contributed by atoms with E-state index >= 15 is 0 Å². The maximum atomic E-state index is 3.60. The van der Waals surface area contributed by atoms with Crippen LogP contribution in [-0.4, -0.2) is 5.48 Å². The van der Waals surface area contributed by atoms with Gasteiger partial charge in [-0.2, -0.15) is 19.3 Å². The van der Waals surface area contributed by atoms with Crippen LogP contribution in [0.3, 0.4) is 0 Å². The molecule has 0 atom stereocenters. The van der Waals surface area contributed by atoms with Gasteiger partial charge in [0.05, 0.1) is 0 Å². The SMILES string of the molecule is [CH2-]CCC.[CH2-]CCC.[CH2-]CCC.[Hf+4].[OH-]. The van der Waals surface area contributed by atoms with Gasteiger partial charge < -0.3 is 26.2 Å². The fraction of sp³-hybridized carbons (Fsp3) is 0.750. The van der Waals surface area contributed by atoms with Crippen molar-refractivity contribution in [2.75, 3.05) is 0 Å². The van der Waals surface area contributed by atoms with Gasteiger partial charge in [0.15, 0.2) is 0 Å². The van der Waals surface area contributed by atoms with E-state index in [-0.39, 0.29) is 31.3 Å². The van der Waals surface area contributed by atoms with Crippen LogP contribution in [0.25, 0.3) is 0 Å². The molecule has 0 aromatic heterocycles. The molecule has 0 amide bonds. The van der Waals surface area contributed by atoms with Gasteiger partial charge in [0.25, 0.3) is 0 Å². The van der Waals surface area contributed by atoms with Crippen LogP contribution in [0.2, 0.25) is 0 Å². The van der Waals surface area contributed by atoms with Crippen molar-refractivity contribution in [2.45, 2.75) is 59.3 Å². The molecule has 1 nitrogen and oxygen atoms in total. The Morgan fingerprint density at radius 2 is 0.714 bits per heavy atom. The fourth-order valence-corrected chi connectivity index (χ4v) is 0. The molecule has 0 bridgehead atoms. The molecule has 14 heavy (non-hydrogen) atoms. The molecule has 86 valence electrons. The van der Waals surface area contributed by atoms with E-state index in [1.165, 1.54) is 19.3 Å². The van der Waals surface area contributed by atoms with Gasteiger partial charge in [-0.3, -0.25) is 0 Å². The van der Waals surface area contributed by atoms with Crippen molar-refractivity contribution in [3.8, 4) is 0 Å². The summed E-state index contributed by atoms with van der Waals surface area (Å²) in [5.41, 5.74) is 0. The Balaban J connectivity index is -0.0000000270. The average molecular weight is 367 g/mol. The largest absolute Gasteiger partial charge is 4.00 e. The van der Waals surface area contributed by atoms with E-state index in [0.29, 0.717) is 0 Å². The van der Waals surface area contributed by atoms with Crippen LogP contribution < -0.4 is 0 Å². The number of hydrogen-bond donors (Lipinski definition) is 0. The van der Waals surface area contributed by atoms with E-state index < -0.39 is 0 Å². The third kappa shape index (κ3) is 122. The summed E-state index contributed by atoms with van der Waals surface area (Å²) in [6, 6.07) is 0. The summed E-state index contributed by atoms with van der Waals surface area (Å²) in [7, 11) is 0. The predicted molar refractivity (Wildman–Crippen MR) is 62.7 cm³/mol. The van der Waals surface area contributed by atoms with Gasteiger partial charge in [0, 0.05) is 0 Å². The summed E-state index contributed by atoms with van der Waals surface area (Å²) in [6.07, 6.45) is 6.83. The van der Waals surface area contributed by atoms with Crippen molar-refractivity contribution in [1.82, 2.24) is 0 Å². The number of unbranched alkanes of at least 4 members (excludes halogenated alkanes) is 3. The van der Waals surface area contributed by atoms with Crippen molar-refractivity contribution in [2.24, 2.45) is 0 Å². The summed E-state index contributed by atoms with van der Waals surface area (Å²) in [4.78, 5) is 0. The average Bonchev–Trinajstić information content (AvgIpc) is 2.18. The minimum atomic E-state index is 0. The Hall–Kier alpha value is 0.830. The second-order valence-electron chi connectivity index (χ2n) is 2.56. The molecule has 0 aromatic carbocycles. The summed E-state index contributed by atoms with van der Waals surface area (Å²) in [5.74, 6) is 0. The molecule has 0 unspecified atom stereocenters. The first-order chi connectivity index (χ1) is 5.74. The van der Waals surface area contributed by atoms with Crippen LogP contribution in [0.15, 0.2) is 0 Å². The van der Waals surface area contributed by atoms with E-state index in [9.17, 15) is 0 Å². The van der Waals surface area contributed by atoms with Gasteiger partial charge in [0.2, 0.25) is 0 Å². The van der Waals surface area contributed by atoms with E-state index in [4.69, 9.17) is 0 Å². The Morgan fingerprint density at radius 3 is 0.714 bits per heavy atom. The molecule has 0 aliphatic heterocycles. The van der Waals surface area contributed by atoms with Gasteiger partial charge >= 0.3 is 25.8 Å². The molecular weight excluding hydrogens is 339 g/mol. The van der Waals surface area contributed by atoms with Crippen molar-refractivity contribution >= 4 is 0 Å². The molecule has 0 aromatic rings. The third-order valence-electron chi connectivity index (χ3n) is 1.06. The van der Waals surface area contributed by atoms with Crippen molar-refractivity contribution in [1.29, 1.82) is 0 Å². The molecule has 0 radical (unpaired) electrons. The zero-order valence-electron chi connectivity index (χ0n) is 10.3. The monoisotopic (exact) mass is 368 g/mol. The molecule has 0 heterocycles. The summed E-state index contributed by atoms with van der Waals surface area (Å²) >= 11 is 0. The molecule has 0 aliphatic carbocycles. The standard InChI is InChI=1S/3C4H9.Hf.H2O/c3*1-3-4-2;;/h3*1,3-4H2,2H3;;1H2/q3*-1;+4;/p-1. The maximum Gasteiger partial charge on any atom is 4.00 e. The van der Waals surface area contributed by atoms with E-state index in [1.54, 1.807) is 0 Å². The Labute approximate surface area is 111 Å². The van der Waals surface area contributed by atoms with Gasteiger partial charge in [-0.1, -0.05) is 40.0 Å². The maximum absolute atomic E-state index is 3.60. The smallest absolute Gasteiger partial charge is 0.870 e. The van der Waals surface area contributed by atoms with Crippen LogP contribution in [-0.2, 0) is 25.8 Å². The second-order valence-corrected chi connectivity index (χ2v) is 2.56. The van der Waals surface area contributed by atoms with Crippen LogP contribution in [0.1, 0.15) is 59.3 Å². The van der Waals surface area contributed by atoms with Crippen molar-refractivity contribution < 1.29 is 31.3 Å². The number of hydrogen-bond acceptors (Lipinski definition) is 1. The Morgan fingerprint density at radius 1 is 0.643 bits per heavy atom. The van der Waals surface area contributed by atoms with Crippen LogP contribution >= 0.6 is 0 Å². The molecule has 0 spiro atoms. The van der Waals surface area contributed by atoms with E-state index in [1.807, 2.05) is 0 Å². The van der Waals surface area contributed by atoms with Gasteiger partial charge in [-0.25, -0.2) is 0 Å². The summed E-state index contributed by atoms with van der Waals surface area (Å²) in [6.45, 7) is 17.2. The molecule has 0 rings (SSSR count). The second kappa shape index (κ2) is 48.8. The zero-order valence-corrected chi connectivity index (χ0v) is 13.9. The van der Waals surface area contributed by atoms with Gasteiger partial charge in [-0.05, 0) is 0 Å². The molecule has 0 fully saturated rings. The van der Waals surface area contributed by atoms with Crippen molar-refractivity contribution in [3.63, 3.8) is 0 Å². The molecule has 0 saturated heterocycles. The zero-order chi connectivity index (χ0) is 10.2. The molecular formula is C12H28HfO. The molecule has 1 N–H and O–H groups in total. The quantitative estimate of drug-likeness (QED) is 0.526. The van der Waals surface area contributed by atoms with Crippen LogP contribution in [0, 0.1) is 20.8 Å². The Kier molecular flexibility index (Phi) is 102. The molecule has 2 heteroatoms. The van der Waals surface area contributed by atoms with Gasteiger partial charge in [0.1, 0.15) is 0 Å². The topological polar surface area (TPSA) is 30.0 Å². The minimum absolute atomic E-state index is 0. The van der Waals surface area contributed by atoms with Gasteiger partial charge in [-0.15, -0.1) is 0 Å². The van der Waals surface area contributed by atoms with E-state index in [2.05, 4.69) is 41.5 Å². The molecule has 0 saturated carbocycles. The third-order valence-corrected chi connectivity index (χ3v) is 1.06. The summed E-state index contributed by atoms with van der Waals surface area (Å²) < 4.78 is 0. The Bertz CT molecular complexity index is 25.8. The minimum Gasteiger partial charge on any atom is -0.870 e.